The van der Waals surface area contributed by atoms with Crippen LogP contribution in [0.3, 0.4) is 0 Å². The Morgan fingerprint density at radius 2 is 2.20 bits per heavy atom. The fraction of sp³-hybridized carbons (Fsp3) is 0.571. The molecule has 0 bridgehead atoms. The summed E-state index contributed by atoms with van der Waals surface area (Å²) in [7, 11) is 1.62. The van der Waals surface area contributed by atoms with E-state index in [1.54, 1.807) is 19.2 Å². The summed E-state index contributed by atoms with van der Waals surface area (Å²) in [6.07, 6.45) is 0.919. The molecule has 1 rings (SSSR count). The van der Waals surface area contributed by atoms with Gasteiger partial charge >= 0.3 is 0 Å². The molecule has 0 saturated carbocycles. The highest BCUT2D eigenvalue weighted by Crippen LogP contribution is 2.24. The Kier molecular flexibility index (Phi) is 6.09. The van der Waals surface area contributed by atoms with E-state index < -0.39 is 0 Å². The van der Waals surface area contributed by atoms with Gasteiger partial charge in [-0.1, -0.05) is 6.92 Å². The van der Waals surface area contributed by atoms with Crippen LogP contribution in [0.1, 0.15) is 27.2 Å². The SMILES string of the molecule is CCCN(CC(=O)NC)c1ccc(N)c(OC(C)C)n1. The summed E-state index contributed by atoms with van der Waals surface area (Å²) in [6.45, 7) is 6.90. The van der Waals surface area contributed by atoms with Crippen molar-refractivity contribution in [1.29, 1.82) is 0 Å². The second-order valence-electron chi connectivity index (χ2n) is 4.83. The smallest absolute Gasteiger partial charge is 0.239 e. The molecule has 3 N–H and O–H groups in total. The van der Waals surface area contributed by atoms with Crippen molar-refractivity contribution in [2.24, 2.45) is 0 Å². The summed E-state index contributed by atoms with van der Waals surface area (Å²) < 4.78 is 5.58. The van der Waals surface area contributed by atoms with Gasteiger partial charge in [0, 0.05) is 13.6 Å². The van der Waals surface area contributed by atoms with Gasteiger partial charge in [-0.2, -0.15) is 4.98 Å². The number of carbonyl (C=O) groups excluding carboxylic acids is 1. The maximum atomic E-state index is 11.6. The summed E-state index contributed by atoms with van der Waals surface area (Å²) in [6, 6.07) is 3.56. The Labute approximate surface area is 120 Å². The molecule has 0 radical (unpaired) electrons. The zero-order valence-corrected chi connectivity index (χ0v) is 12.6. The number of nitrogens with one attached hydrogen (secondary N) is 1. The van der Waals surface area contributed by atoms with Gasteiger partial charge in [0.2, 0.25) is 11.8 Å². The molecule has 6 nitrogen and oxygen atoms in total. The lowest BCUT2D eigenvalue weighted by Gasteiger charge is -2.23. The van der Waals surface area contributed by atoms with E-state index in [4.69, 9.17) is 10.5 Å². The molecule has 20 heavy (non-hydrogen) atoms. The average Bonchev–Trinajstić information content (AvgIpc) is 2.40. The zero-order chi connectivity index (χ0) is 15.1. The number of nitrogen functional groups attached to an aromatic ring is 1. The van der Waals surface area contributed by atoms with Crippen molar-refractivity contribution in [3.63, 3.8) is 0 Å². The number of ether oxygens (including phenoxy) is 1. The molecule has 112 valence electrons. The lowest BCUT2D eigenvalue weighted by Crippen LogP contribution is -2.36. The number of rotatable bonds is 7. The maximum absolute atomic E-state index is 11.6. The highest BCUT2D eigenvalue weighted by atomic mass is 16.5. The van der Waals surface area contributed by atoms with Crippen molar-refractivity contribution in [3.05, 3.63) is 12.1 Å². The van der Waals surface area contributed by atoms with Gasteiger partial charge < -0.3 is 20.7 Å². The first-order chi connectivity index (χ1) is 9.47. The molecule has 6 heteroatoms. The summed E-state index contributed by atoms with van der Waals surface area (Å²) in [5.41, 5.74) is 6.35. The molecule has 0 fully saturated rings. The van der Waals surface area contributed by atoms with E-state index in [9.17, 15) is 4.79 Å². The second-order valence-corrected chi connectivity index (χ2v) is 4.83. The van der Waals surface area contributed by atoms with Gasteiger partial charge in [-0.25, -0.2) is 0 Å². The number of nitrogens with two attached hydrogens (primary N) is 1. The largest absolute Gasteiger partial charge is 0.473 e. The Morgan fingerprint density at radius 3 is 2.75 bits per heavy atom. The summed E-state index contributed by atoms with van der Waals surface area (Å²) in [5.74, 6) is 1.05. The van der Waals surface area contributed by atoms with Gasteiger partial charge in [0.1, 0.15) is 5.82 Å². The van der Waals surface area contributed by atoms with Crippen molar-refractivity contribution in [1.82, 2.24) is 10.3 Å². The highest BCUT2D eigenvalue weighted by Gasteiger charge is 2.14. The quantitative estimate of drug-likeness (QED) is 0.789. The monoisotopic (exact) mass is 280 g/mol. The first kappa shape index (κ1) is 16.1. The van der Waals surface area contributed by atoms with Crippen LogP contribution < -0.4 is 20.7 Å². The van der Waals surface area contributed by atoms with Gasteiger partial charge in [0.05, 0.1) is 18.3 Å². The number of carbonyl (C=O) groups is 1. The molecule has 0 spiro atoms. The lowest BCUT2D eigenvalue weighted by atomic mass is 10.3. The third-order valence-corrected chi connectivity index (χ3v) is 2.65. The molecule has 1 aromatic rings. The molecule has 1 amide bonds. The highest BCUT2D eigenvalue weighted by molar-refractivity contribution is 5.80. The first-order valence-corrected chi connectivity index (χ1v) is 6.86. The molecule has 0 unspecified atom stereocenters. The molecule has 0 atom stereocenters. The number of hydrogen-bond donors (Lipinski definition) is 2. The fourth-order valence-corrected chi connectivity index (χ4v) is 1.73. The Morgan fingerprint density at radius 1 is 1.50 bits per heavy atom. The molecule has 0 aliphatic carbocycles. The average molecular weight is 280 g/mol. The van der Waals surface area contributed by atoms with E-state index in [-0.39, 0.29) is 18.6 Å². The topological polar surface area (TPSA) is 80.5 Å². The zero-order valence-electron chi connectivity index (χ0n) is 12.6. The summed E-state index contributed by atoms with van der Waals surface area (Å²) >= 11 is 0. The van der Waals surface area contributed by atoms with Crippen LogP contribution in [0.2, 0.25) is 0 Å². The van der Waals surface area contributed by atoms with Gasteiger partial charge in [0.15, 0.2) is 0 Å². The minimum Gasteiger partial charge on any atom is -0.473 e. The van der Waals surface area contributed by atoms with E-state index in [0.717, 1.165) is 13.0 Å². The lowest BCUT2D eigenvalue weighted by molar-refractivity contribution is -0.119. The molecule has 0 aliphatic heterocycles. The number of aromatic nitrogens is 1. The number of hydrogen-bond acceptors (Lipinski definition) is 5. The van der Waals surface area contributed by atoms with Gasteiger partial charge in [-0.05, 0) is 32.4 Å². The minimum absolute atomic E-state index is 0.00128. The van der Waals surface area contributed by atoms with Crippen LogP contribution in [-0.2, 0) is 4.79 Å². The molecule has 1 aromatic heterocycles. The minimum atomic E-state index is -0.0524. The first-order valence-electron chi connectivity index (χ1n) is 6.86. The number of amides is 1. The van der Waals surface area contributed by atoms with Crippen molar-refractivity contribution < 1.29 is 9.53 Å². The molecular weight excluding hydrogens is 256 g/mol. The Bertz CT molecular complexity index is 449. The van der Waals surface area contributed by atoms with Crippen LogP contribution in [0.25, 0.3) is 0 Å². The van der Waals surface area contributed by atoms with Crippen molar-refractivity contribution in [2.75, 3.05) is 30.8 Å². The van der Waals surface area contributed by atoms with Gasteiger partial charge in [-0.15, -0.1) is 0 Å². The van der Waals surface area contributed by atoms with Crippen LogP contribution in [0.5, 0.6) is 5.88 Å². The number of anilines is 2. The van der Waals surface area contributed by atoms with Crippen molar-refractivity contribution in [2.45, 2.75) is 33.3 Å². The van der Waals surface area contributed by atoms with Crippen molar-refractivity contribution in [3.8, 4) is 5.88 Å². The van der Waals surface area contributed by atoms with E-state index >= 15 is 0 Å². The van der Waals surface area contributed by atoms with Crippen LogP contribution in [0, 0.1) is 0 Å². The Balaban J connectivity index is 2.98. The van der Waals surface area contributed by atoms with E-state index in [2.05, 4.69) is 17.2 Å². The maximum Gasteiger partial charge on any atom is 0.239 e. The second kappa shape index (κ2) is 7.57. The fourth-order valence-electron chi connectivity index (χ4n) is 1.73. The third kappa shape index (κ3) is 4.60. The van der Waals surface area contributed by atoms with Crippen LogP contribution >= 0.6 is 0 Å². The molecule has 0 aromatic carbocycles. The number of pyridine rings is 1. The van der Waals surface area contributed by atoms with Gasteiger partial charge in [-0.3, -0.25) is 4.79 Å². The van der Waals surface area contributed by atoms with E-state index in [0.29, 0.717) is 17.4 Å². The van der Waals surface area contributed by atoms with Crippen LogP contribution in [0.4, 0.5) is 11.5 Å². The van der Waals surface area contributed by atoms with Gasteiger partial charge in [0.25, 0.3) is 0 Å². The van der Waals surface area contributed by atoms with E-state index in [1.165, 1.54) is 0 Å². The molecular formula is C14H24N4O2. The third-order valence-electron chi connectivity index (χ3n) is 2.65. The Hall–Kier alpha value is -1.98. The predicted molar refractivity (Wildman–Crippen MR) is 81.0 cm³/mol. The van der Waals surface area contributed by atoms with Crippen molar-refractivity contribution >= 4 is 17.4 Å². The van der Waals surface area contributed by atoms with Crippen LogP contribution in [0.15, 0.2) is 12.1 Å². The number of nitrogens with zero attached hydrogens (tertiary/aromatic N) is 2. The predicted octanol–water partition coefficient (Wildman–Crippen LogP) is 1.41. The molecule has 1 heterocycles. The van der Waals surface area contributed by atoms with Crippen LogP contribution in [-0.4, -0.2) is 37.1 Å². The number of likely N-dealkylation sites (N-methyl/N-ethyl adjacent to an activating group) is 1. The molecule has 0 saturated heterocycles. The summed E-state index contributed by atoms with van der Waals surface area (Å²) in [4.78, 5) is 17.9. The summed E-state index contributed by atoms with van der Waals surface area (Å²) in [5, 5.41) is 2.62. The normalized spacial score (nSPS) is 10.4. The molecule has 0 aliphatic rings. The van der Waals surface area contributed by atoms with E-state index in [1.807, 2.05) is 18.7 Å². The standard InChI is InChI=1S/C14H24N4O2/c1-5-8-18(9-13(19)16-4)12-7-6-11(15)14(17-12)20-10(2)3/h6-7,10H,5,8-9,15H2,1-4H3,(H,16,19).